The van der Waals surface area contributed by atoms with Crippen molar-refractivity contribution in [1.82, 2.24) is 5.32 Å². The maximum atomic E-state index is 12.3. The van der Waals surface area contributed by atoms with Crippen molar-refractivity contribution in [3.8, 4) is 23.0 Å². The standard InChI is InChI=1S/C21H21NO6/c23-16(15-5-7-17-20(11-15)26-9-8-25-17)2-1-3-21(24)22-12-14-4-6-18-19(10-14)28-13-27-18/h4-7,10-11H,1-3,8-9,12-13H2,(H,22,24). The Morgan fingerprint density at radius 1 is 0.821 bits per heavy atom. The summed E-state index contributed by atoms with van der Waals surface area (Å²) in [6.07, 6.45) is 1.08. The van der Waals surface area contributed by atoms with E-state index in [1.807, 2.05) is 18.2 Å². The molecule has 7 nitrogen and oxygen atoms in total. The minimum Gasteiger partial charge on any atom is -0.486 e. The van der Waals surface area contributed by atoms with E-state index in [1.165, 1.54) is 0 Å². The third kappa shape index (κ3) is 4.19. The number of nitrogens with one attached hydrogen (secondary N) is 1. The molecule has 2 aromatic rings. The Labute approximate surface area is 162 Å². The van der Waals surface area contributed by atoms with Gasteiger partial charge in [-0.1, -0.05) is 6.07 Å². The molecule has 0 saturated carbocycles. The summed E-state index contributed by atoms with van der Waals surface area (Å²) in [6, 6.07) is 10.8. The zero-order chi connectivity index (χ0) is 19.3. The van der Waals surface area contributed by atoms with Gasteiger partial charge in [-0.05, 0) is 42.3 Å². The molecule has 146 valence electrons. The van der Waals surface area contributed by atoms with Crippen LogP contribution in [0.4, 0.5) is 0 Å². The molecule has 4 rings (SSSR count). The first kappa shape index (κ1) is 18.2. The van der Waals surface area contributed by atoms with Crippen molar-refractivity contribution in [2.45, 2.75) is 25.8 Å². The predicted molar refractivity (Wildman–Crippen MR) is 100 cm³/mol. The Bertz CT molecular complexity index is 894. The van der Waals surface area contributed by atoms with Crippen LogP contribution in [0.3, 0.4) is 0 Å². The van der Waals surface area contributed by atoms with Crippen LogP contribution in [-0.4, -0.2) is 31.7 Å². The second-order valence-corrected chi connectivity index (χ2v) is 6.60. The molecule has 0 aromatic heterocycles. The summed E-state index contributed by atoms with van der Waals surface area (Å²) < 4.78 is 21.5. The summed E-state index contributed by atoms with van der Waals surface area (Å²) >= 11 is 0. The number of carbonyl (C=O) groups excluding carboxylic acids is 2. The zero-order valence-corrected chi connectivity index (χ0v) is 15.4. The Hall–Kier alpha value is -3.22. The molecule has 1 N–H and O–H groups in total. The average molecular weight is 383 g/mol. The van der Waals surface area contributed by atoms with Gasteiger partial charge in [0.25, 0.3) is 0 Å². The topological polar surface area (TPSA) is 83.1 Å². The quantitative estimate of drug-likeness (QED) is 0.741. The molecule has 2 aliphatic heterocycles. The minimum atomic E-state index is -0.0901. The van der Waals surface area contributed by atoms with Crippen LogP contribution >= 0.6 is 0 Å². The summed E-state index contributed by atoms with van der Waals surface area (Å²) in [5, 5.41) is 2.86. The summed E-state index contributed by atoms with van der Waals surface area (Å²) in [7, 11) is 0. The molecule has 0 atom stereocenters. The van der Waals surface area contributed by atoms with Crippen molar-refractivity contribution in [3.05, 3.63) is 47.5 Å². The van der Waals surface area contributed by atoms with Gasteiger partial charge in [-0.25, -0.2) is 0 Å². The Balaban J connectivity index is 1.21. The van der Waals surface area contributed by atoms with Crippen LogP contribution in [0.5, 0.6) is 23.0 Å². The van der Waals surface area contributed by atoms with E-state index < -0.39 is 0 Å². The summed E-state index contributed by atoms with van der Waals surface area (Å²) in [5.41, 5.74) is 1.51. The summed E-state index contributed by atoms with van der Waals surface area (Å²) in [4.78, 5) is 24.4. The molecule has 28 heavy (non-hydrogen) atoms. The van der Waals surface area contributed by atoms with E-state index >= 15 is 0 Å². The molecule has 0 saturated heterocycles. The first-order valence-electron chi connectivity index (χ1n) is 9.27. The lowest BCUT2D eigenvalue weighted by Gasteiger charge is -2.18. The fraction of sp³-hybridized carbons (Fsp3) is 0.333. The number of benzene rings is 2. The van der Waals surface area contributed by atoms with Gasteiger partial charge in [-0.2, -0.15) is 0 Å². The van der Waals surface area contributed by atoms with E-state index in [-0.39, 0.29) is 18.5 Å². The number of ketones is 1. The highest BCUT2D eigenvalue weighted by atomic mass is 16.7. The van der Waals surface area contributed by atoms with E-state index in [2.05, 4.69) is 5.32 Å². The third-order valence-corrected chi connectivity index (χ3v) is 4.60. The minimum absolute atomic E-state index is 0.0134. The molecular formula is C21H21NO6. The van der Waals surface area contributed by atoms with E-state index in [1.54, 1.807) is 18.2 Å². The van der Waals surface area contributed by atoms with E-state index in [4.69, 9.17) is 18.9 Å². The van der Waals surface area contributed by atoms with Gasteiger partial charge in [0.1, 0.15) is 13.2 Å². The van der Waals surface area contributed by atoms with Crippen LogP contribution in [0.2, 0.25) is 0 Å². The highest BCUT2D eigenvalue weighted by Gasteiger charge is 2.16. The van der Waals surface area contributed by atoms with Crippen molar-refractivity contribution in [2.75, 3.05) is 20.0 Å². The highest BCUT2D eigenvalue weighted by molar-refractivity contribution is 5.96. The Kier molecular flexibility index (Phi) is 5.32. The number of Topliss-reactive ketones (excluding diaryl/α,β-unsaturated/α-hetero) is 1. The van der Waals surface area contributed by atoms with Crippen molar-refractivity contribution in [2.24, 2.45) is 0 Å². The van der Waals surface area contributed by atoms with E-state index in [9.17, 15) is 9.59 Å². The lowest BCUT2D eigenvalue weighted by molar-refractivity contribution is -0.121. The van der Waals surface area contributed by atoms with Crippen LogP contribution in [-0.2, 0) is 11.3 Å². The van der Waals surface area contributed by atoms with Gasteiger partial charge in [0.2, 0.25) is 12.7 Å². The largest absolute Gasteiger partial charge is 0.486 e. The molecule has 2 aromatic carbocycles. The fourth-order valence-electron chi connectivity index (χ4n) is 3.11. The Morgan fingerprint density at radius 3 is 2.43 bits per heavy atom. The van der Waals surface area contributed by atoms with Crippen molar-refractivity contribution in [3.63, 3.8) is 0 Å². The molecule has 1 amide bonds. The maximum absolute atomic E-state index is 12.3. The average Bonchev–Trinajstić information content (AvgIpc) is 3.19. The van der Waals surface area contributed by atoms with Crippen LogP contribution in [0, 0.1) is 0 Å². The number of hydrogen-bond acceptors (Lipinski definition) is 6. The normalized spacial score (nSPS) is 13.9. The molecular weight excluding hydrogens is 362 g/mol. The molecule has 0 bridgehead atoms. The van der Waals surface area contributed by atoms with Gasteiger partial charge in [0.15, 0.2) is 28.8 Å². The first-order chi connectivity index (χ1) is 13.7. The van der Waals surface area contributed by atoms with Crippen LogP contribution < -0.4 is 24.3 Å². The van der Waals surface area contributed by atoms with Gasteiger partial charge >= 0.3 is 0 Å². The maximum Gasteiger partial charge on any atom is 0.231 e. The van der Waals surface area contributed by atoms with E-state index in [0.29, 0.717) is 67.6 Å². The highest BCUT2D eigenvalue weighted by Crippen LogP contribution is 2.32. The number of amides is 1. The smallest absolute Gasteiger partial charge is 0.231 e. The monoisotopic (exact) mass is 383 g/mol. The number of ether oxygens (including phenoxy) is 4. The van der Waals surface area contributed by atoms with Gasteiger partial charge in [0.05, 0.1) is 0 Å². The predicted octanol–water partition coefficient (Wildman–Crippen LogP) is 2.86. The number of hydrogen-bond donors (Lipinski definition) is 1. The summed E-state index contributed by atoms with van der Waals surface area (Å²) in [5.74, 6) is 2.56. The first-order valence-corrected chi connectivity index (χ1v) is 9.27. The summed E-state index contributed by atoms with van der Waals surface area (Å²) in [6.45, 7) is 1.63. The second-order valence-electron chi connectivity index (χ2n) is 6.60. The molecule has 0 unspecified atom stereocenters. The van der Waals surface area contributed by atoms with Crippen LogP contribution in [0.25, 0.3) is 0 Å². The molecule has 2 heterocycles. The molecule has 7 heteroatoms. The lowest BCUT2D eigenvalue weighted by Crippen LogP contribution is -2.22. The van der Waals surface area contributed by atoms with Crippen molar-refractivity contribution >= 4 is 11.7 Å². The van der Waals surface area contributed by atoms with Crippen molar-refractivity contribution < 1.29 is 28.5 Å². The van der Waals surface area contributed by atoms with Gasteiger partial charge in [-0.15, -0.1) is 0 Å². The molecule has 2 aliphatic rings. The fourth-order valence-corrected chi connectivity index (χ4v) is 3.11. The number of rotatable bonds is 7. The van der Waals surface area contributed by atoms with Gasteiger partial charge < -0.3 is 24.3 Å². The molecule has 0 spiro atoms. The third-order valence-electron chi connectivity index (χ3n) is 4.60. The number of fused-ring (bicyclic) bond motifs is 2. The van der Waals surface area contributed by atoms with Crippen LogP contribution in [0.1, 0.15) is 35.2 Å². The number of carbonyl (C=O) groups is 2. The van der Waals surface area contributed by atoms with Crippen molar-refractivity contribution in [1.29, 1.82) is 0 Å². The molecule has 0 fully saturated rings. The molecule has 0 aliphatic carbocycles. The second kappa shape index (κ2) is 8.21. The lowest BCUT2D eigenvalue weighted by atomic mass is 10.0. The zero-order valence-electron chi connectivity index (χ0n) is 15.4. The van der Waals surface area contributed by atoms with Gasteiger partial charge in [-0.3, -0.25) is 9.59 Å². The molecule has 0 radical (unpaired) electrons. The van der Waals surface area contributed by atoms with Gasteiger partial charge in [0, 0.05) is 24.9 Å². The SMILES string of the molecule is O=C(CCCC(=O)c1ccc2c(c1)OCCO2)NCc1ccc2c(c1)OCO2. The Morgan fingerprint density at radius 2 is 1.54 bits per heavy atom. The van der Waals surface area contributed by atoms with E-state index in [0.717, 1.165) is 5.56 Å². The van der Waals surface area contributed by atoms with Crippen LogP contribution in [0.15, 0.2) is 36.4 Å².